The van der Waals surface area contributed by atoms with Gasteiger partial charge in [0.15, 0.2) is 0 Å². The van der Waals surface area contributed by atoms with Crippen LogP contribution in [0.25, 0.3) is 33.5 Å². The Morgan fingerprint density at radius 2 is 1.48 bits per heavy atom. The third-order valence-corrected chi connectivity index (χ3v) is 4.86. The number of fused-ring (bicyclic) bond motifs is 1. The summed E-state index contributed by atoms with van der Waals surface area (Å²) in [6.45, 7) is 0. The van der Waals surface area contributed by atoms with E-state index < -0.39 is 0 Å². The van der Waals surface area contributed by atoms with Crippen molar-refractivity contribution in [3.05, 3.63) is 85.2 Å². The number of aromatic nitrogens is 2. The van der Waals surface area contributed by atoms with E-state index in [0.717, 1.165) is 16.9 Å². The Morgan fingerprint density at radius 3 is 2.06 bits per heavy atom. The average molecular weight is 411 g/mol. The molecule has 0 saturated carbocycles. The molecule has 0 unspecified atom stereocenters. The van der Waals surface area contributed by atoms with Gasteiger partial charge >= 0.3 is 0 Å². The van der Waals surface area contributed by atoms with Gasteiger partial charge in [0, 0.05) is 22.4 Å². The number of hydrogen-bond acceptors (Lipinski definition) is 6. The molecule has 2 aromatic carbocycles. The van der Waals surface area contributed by atoms with Crippen molar-refractivity contribution in [1.82, 2.24) is 9.97 Å². The van der Waals surface area contributed by atoms with Crippen LogP contribution in [-0.4, -0.2) is 23.0 Å². The third-order valence-electron chi connectivity index (χ3n) is 4.86. The molecule has 3 aromatic heterocycles. The van der Waals surface area contributed by atoms with Gasteiger partial charge in [-0.25, -0.2) is 9.97 Å². The summed E-state index contributed by atoms with van der Waals surface area (Å²) in [5, 5.41) is 2.88. The maximum atomic E-state index is 12.8. The van der Waals surface area contributed by atoms with Gasteiger partial charge < -0.3 is 18.9 Å². The Morgan fingerprint density at radius 1 is 0.839 bits per heavy atom. The van der Waals surface area contributed by atoms with Crippen LogP contribution in [0.2, 0.25) is 0 Å². The molecule has 152 valence electrons. The predicted molar refractivity (Wildman–Crippen MR) is 116 cm³/mol. The van der Waals surface area contributed by atoms with E-state index >= 15 is 0 Å². The van der Waals surface area contributed by atoms with Crippen LogP contribution < -0.4 is 10.1 Å². The minimum atomic E-state index is -0.238. The number of nitrogens with one attached hydrogen (secondary N) is 1. The van der Waals surface area contributed by atoms with E-state index in [4.69, 9.17) is 23.5 Å². The van der Waals surface area contributed by atoms with Crippen molar-refractivity contribution in [2.75, 3.05) is 12.4 Å². The molecule has 3 heterocycles. The van der Waals surface area contributed by atoms with E-state index in [9.17, 15) is 4.79 Å². The highest BCUT2D eigenvalue weighted by Gasteiger charge is 2.16. The fourth-order valence-corrected chi connectivity index (χ4v) is 3.27. The number of benzene rings is 2. The van der Waals surface area contributed by atoms with Crippen molar-refractivity contribution in [3.63, 3.8) is 0 Å². The average Bonchev–Trinajstić information content (AvgIpc) is 3.53. The van der Waals surface area contributed by atoms with Crippen molar-refractivity contribution in [1.29, 1.82) is 0 Å². The summed E-state index contributed by atoms with van der Waals surface area (Å²) < 4.78 is 15.6. The minimum absolute atomic E-state index is 0.238. The van der Waals surface area contributed by atoms with Gasteiger partial charge in [-0.05, 0) is 54.6 Å². The summed E-state index contributed by atoms with van der Waals surface area (Å²) >= 11 is 0. The molecular formula is C24H17N3O4. The lowest BCUT2D eigenvalue weighted by Crippen LogP contribution is -2.12. The molecule has 0 aliphatic carbocycles. The second-order valence-electron chi connectivity index (χ2n) is 6.83. The van der Waals surface area contributed by atoms with Crippen LogP contribution in [0.5, 0.6) is 5.75 Å². The summed E-state index contributed by atoms with van der Waals surface area (Å²) in [7, 11) is 1.60. The van der Waals surface area contributed by atoms with Crippen LogP contribution in [0.15, 0.2) is 88.5 Å². The maximum Gasteiger partial charge on any atom is 0.255 e. The van der Waals surface area contributed by atoms with Crippen molar-refractivity contribution < 1.29 is 18.4 Å². The lowest BCUT2D eigenvalue weighted by Gasteiger charge is -2.09. The fourth-order valence-electron chi connectivity index (χ4n) is 3.27. The van der Waals surface area contributed by atoms with Crippen molar-refractivity contribution in [3.8, 4) is 28.3 Å². The standard InChI is InChI=1S/C24H17N3O4/c1-29-19-5-3-18(4-6-19)25-24(28)15-2-7-20-21(12-15)27-23(17-9-11-31-14-17)22(26-20)16-8-10-30-13-16/h2-14H,1H3,(H,25,28). The molecule has 7 heteroatoms. The molecule has 1 N–H and O–H groups in total. The molecule has 0 atom stereocenters. The van der Waals surface area contributed by atoms with E-state index in [0.29, 0.717) is 33.7 Å². The molecule has 5 rings (SSSR count). The number of amides is 1. The minimum Gasteiger partial charge on any atom is -0.497 e. The predicted octanol–water partition coefficient (Wildman–Crippen LogP) is 5.41. The Hall–Kier alpha value is -4.39. The Bertz CT molecular complexity index is 1340. The summed E-state index contributed by atoms with van der Waals surface area (Å²) in [6, 6.07) is 16.0. The molecule has 0 aliphatic rings. The highest BCUT2D eigenvalue weighted by atomic mass is 16.5. The molecule has 31 heavy (non-hydrogen) atoms. The Balaban J connectivity index is 1.53. The maximum absolute atomic E-state index is 12.8. The van der Waals surface area contributed by atoms with Gasteiger partial charge in [0.25, 0.3) is 5.91 Å². The fraction of sp³-hybridized carbons (Fsp3) is 0.0417. The van der Waals surface area contributed by atoms with Gasteiger partial charge in [-0.15, -0.1) is 0 Å². The van der Waals surface area contributed by atoms with Crippen molar-refractivity contribution in [2.24, 2.45) is 0 Å². The van der Waals surface area contributed by atoms with E-state index in [-0.39, 0.29) is 5.91 Å². The topological polar surface area (TPSA) is 90.4 Å². The quantitative estimate of drug-likeness (QED) is 0.416. The highest BCUT2D eigenvalue weighted by molar-refractivity contribution is 6.06. The van der Waals surface area contributed by atoms with Gasteiger partial charge in [0.1, 0.15) is 17.1 Å². The Kier molecular flexibility index (Phi) is 4.68. The van der Waals surface area contributed by atoms with Gasteiger partial charge in [-0.1, -0.05) is 0 Å². The van der Waals surface area contributed by atoms with Crippen LogP contribution in [0, 0.1) is 0 Å². The molecular weight excluding hydrogens is 394 g/mol. The largest absolute Gasteiger partial charge is 0.497 e. The van der Waals surface area contributed by atoms with E-state index in [1.807, 2.05) is 12.1 Å². The third kappa shape index (κ3) is 3.64. The number of anilines is 1. The molecule has 0 fully saturated rings. The number of nitrogens with zero attached hydrogens (tertiary/aromatic N) is 2. The van der Waals surface area contributed by atoms with E-state index in [1.165, 1.54) is 0 Å². The summed E-state index contributed by atoms with van der Waals surface area (Å²) in [5.41, 5.74) is 5.35. The number of furan rings is 2. The smallest absolute Gasteiger partial charge is 0.255 e. The zero-order valence-electron chi connectivity index (χ0n) is 16.5. The Labute approximate surface area is 177 Å². The zero-order chi connectivity index (χ0) is 21.2. The van der Waals surface area contributed by atoms with Crippen LogP contribution in [0.1, 0.15) is 10.4 Å². The first-order valence-electron chi connectivity index (χ1n) is 9.53. The van der Waals surface area contributed by atoms with Gasteiger partial charge in [-0.2, -0.15) is 0 Å². The molecule has 0 aliphatic heterocycles. The number of hydrogen-bond donors (Lipinski definition) is 1. The van der Waals surface area contributed by atoms with Gasteiger partial charge in [-0.3, -0.25) is 4.79 Å². The number of ether oxygens (including phenoxy) is 1. The normalized spacial score (nSPS) is 10.9. The molecule has 1 amide bonds. The monoisotopic (exact) mass is 411 g/mol. The van der Waals surface area contributed by atoms with Crippen molar-refractivity contribution >= 4 is 22.6 Å². The first-order valence-corrected chi connectivity index (χ1v) is 9.53. The lowest BCUT2D eigenvalue weighted by molar-refractivity contribution is 0.102. The summed E-state index contributed by atoms with van der Waals surface area (Å²) in [6.07, 6.45) is 6.40. The number of carbonyl (C=O) groups is 1. The van der Waals surface area contributed by atoms with E-state index in [1.54, 1.807) is 74.6 Å². The molecule has 0 spiro atoms. The molecule has 0 radical (unpaired) electrons. The number of carbonyl (C=O) groups excluding carboxylic acids is 1. The molecule has 5 aromatic rings. The second-order valence-corrected chi connectivity index (χ2v) is 6.83. The number of rotatable bonds is 5. The van der Waals surface area contributed by atoms with Gasteiger partial charge in [0.2, 0.25) is 0 Å². The van der Waals surface area contributed by atoms with E-state index in [2.05, 4.69) is 5.32 Å². The van der Waals surface area contributed by atoms with Gasteiger partial charge in [0.05, 0.1) is 43.2 Å². The van der Waals surface area contributed by atoms with Crippen LogP contribution in [-0.2, 0) is 0 Å². The first-order chi connectivity index (χ1) is 15.2. The first kappa shape index (κ1) is 18.6. The van der Waals surface area contributed by atoms with Crippen molar-refractivity contribution in [2.45, 2.75) is 0 Å². The second kappa shape index (κ2) is 7.79. The zero-order valence-corrected chi connectivity index (χ0v) is 16.5. The number of methoxy groups -OCH3 is 1. The summed E-state index contributed by atoms with van der Waals surface area (Å²) in [5.74, 6) is 0.483. The molecule has 0 saturated heterocycles. The van der Waals surface area contributed by atoms with Crippen LogP contribution in [0.4, 0.5) is 5.69 Å². The SMILES string of the molecule is COc1ccc(NC(=O)c2ccc3nc(-c4ccoc4)c(-c4ccoc4)nc3c2)cc1. The molecule has 0 bridgehead atoms. The molecule has 7 nitrogen and oxygen atoms in total. The highest BCUT2D eigenvalue weighted by Crippen LogP contribution is 2.31. The van der Waals surface area contributed by atoms with Crippen LogP contribution in [0.3, 0.4) is 0 Å². The summed E-state index contributed by atoms with van der Waals surface area (Å²) in [4.78, 5) is 22.3. The van der Waals surface area contributed by atoms with Crippen LogP contribution >= 0.6 is 0 Å². The lowest BCUT2D eigenvalue weighted by atomic mass is 10.1.